The molecule has 19 heavy (non-hydrogen) atoms. The molecule has 0 aromatic heterocycles. The highest BCUT2D eigenvalue weighted by Crippen LogP contribution is 2.26. The molecule has 0 saturated carbocycles. The summed E-state index contributed by atoms with van der Waals surface area (Å²) in [5.74, 6) is -1.24. The lowest BCUT2D eigenvalue weighted by molar-refractivity contribution is -0.192. The summed E-state index contributed by atoms with van der Waals surface area (Å²) < 4.78 is 44.4. The molecule has 0 radical (unpaired) electrons. The standard InChI is InChI=1S/C12H19F3O4/c1-11(2,7-5-4-6-9(16)18-3)10(17)19-8-12(13,14)15/h4-8H2,1-3H3. The van der Waals surface area contributed by atoms with Crippen LogP contribution in [0, 0.1) is 5.41 Å². The molecule has 0 aliphatic carbocycles. The number of rotatable bonds is 7. The van der Waals surface area contributed by atoms with Crippen molar-refractivity contribution >= 4 is 11.9 Å². The second-order valence-electron chi connectivity index (χ2n) is 4.86. The van der Waals surface area contributed by atoms with E-state index in [4.69, 9.17) is 0 Å². The molecule has 0 heterocycles. The van der Waals surface area contributed by atoms with E-state index in [1.54, 1.807) is 0 Å². The molecule has 0 spiro atoms. The Labute approximate surface area is 110 Å². The molecule has 7 heteroatoms. The average Bonchev–Trinajstić information content (AvgIpc) is 2.30. The van der Waals surface area contributed by atoms with Gasteiger partial charge < -0.3 is 9.47 Å². The molecule has 4 nitrogen and oxygen atoms in total. The predicted octanol–water partition coefficient (Wildman–Crippen LogP) is 2.85. The first-order valence-electron chi connectivity index (χ1n) is 5.89. The zero-order valence-electron chi connectivity index (χ0n) is 11.3. The topological polar surface area (TPSA) is 52.6 Å². The average molecular weight is 284 g/mol. The molecule has 0 atom stereocenters. The summed E-state index contributed by atoms with van der Waals surface area (Å²) in [6, 6.07) is 0. The number of esters is 2. The summed E-state index contributed by atoms with van der Waals surface area (Å²) in [5, 5.41) is 0. The summed E-state index contributed by atoms with van der Waals surface area (Å²) in [6.45, 7) is 1.46. The van der Waals surface area contributed by atoms with E-state index in [1.807, 2.05) is 0 Å². The van der Waals surface area contributed by atoms with Crippen molar-refractivity contribution in [2.24, 2.45) is 5.41 Å². The number of hydrogen-bond acceptors (Lipinski definition) is 4. The van der Waals surface area contributed by atoms with Gasteiger partial charge in [-0.15, -0.1) is 0 Å². The Bertz CT molecular complexity index is 311. The van der Waals surface area contributed by atoms with Crippen LogP contribution in [-0.2, 0) is 19.1 Å². The lowest BCUT2D eigenvalue weighted by Gasteiger charge is -2.22. The van der Waals surface area contributed by atoms with Gasteiger partial charge in [0.05, 0.1) is 12.5 Å². The SMILES string of the molecule is COC(=O)CCCCC(C)(C)C(=O)OCC(F)(F)F. The molecule has 0 fully saturated rings. The quantitative estimate of drug-likeness (QED) is 0.533. The van der Waals surface area contributed by atoms with Gasteiger partial charge in [0.2, 0.25) is 0 Å². The molecule has 0 amide bonds. The summed E-state index contributed by atoms with van der Waals surface area (Å²) in [6.07, 6.45) is -2.90. The van der Waals surface area contributed by atoms with Crippen molar-refractivity contribution in [3.63, 3.8) is 0 Å². The van der Waals surface area contributed by atoms with Gasteiger partial charge in [-0.3, -0.25) is 9.59 Å². The molecule has 0 N–H and O–H groups in total. The van der Waals surface area contributed by atoms with E-state index in [0.717, 1.165) is 0 Å². The monoisotopic (exact) mass is 284 g/mol. The van der Waals surface area contributed by atoms with Gasteiger partial charge in [0, 0.05) is 6.42 Å². The highest BCUT2D eigenvalue weighted by atomic mass is 19.4. The van der Waals surface area contributed by atoms with Gasteiger partial charge in [0.15, 0.2) is 6.61 Å². The molecular weight excluding hydrogens is 265 g/mol. The summed E-state index contributed by atoms with van der Waals surface area (Å²) in [4.78, 5) is 22.3. The molecule has 0 unspecified atom stereocenters. The van der Waals surface area contributed by atoms with Crippen molar-refractivity contribution < 1.29 is 32.2 Å². The van der Waals surface area contributed by atoms with Crippen LogP contribution in [0.4, 0.5) is 13.2 Å². The minimum atomic E-state index is -4.52. The largest absolute Gasteiger partial charge is 0.469 e. The Morgan fingerprint density at radius 3 is 2.16 bits per heavy atom. The fourth-order valence-corrected chi connectivity index (χ4v) is 1.38. The van der Waals surface area contributed by atoms with Crippen molar-refractivity contribution in [1.82, 2.24) is 0 Å². The number of unbranched alkanes of at least 4 members (excludes halogenated alkanes) is 1. The number of ether oxygens (including phenoxy) is 2. The van der Waals surface area contributed by atoms with Gasteiger partial charge in [0.25, 0.3) is 0 Å². The molecule has 0 aromatic rings. The summed E-state index contributed by atoms with van der Waals surface area (Å²) >= 11 is 0. The van der Waals surface area contributed by atoms with Gasteiger partial charge in [-0.2, -0.15) is 13.2 Å². The van der Waals surface area contributed by atoms with Crippen LogP contribution in [0.5, 0.6) is 0 Å². The van der Waals surface area contributed by atoms with E-state index < -0.39 is 24.2 Å². The Balaban J connectivity index is 4.02. The van der Waals surface area contributed by atoms with E-state index in [1.165, 1.54) is 21.0 Å². The normalized spacial score (nSPS) is 12.1. The predicted molar refractivity (Wildman–Crippen MR) is 61.3 cm³/mol. The first-order chi connectivity index (χ1) is 8.58. The van der Waals surface area contributed by atoms with Crippen molar-refractivity contribution in [2.75, 3.05) is 13.7 Å². The Kier molecular flexibility index (Phi) is 6.86. The van der Waals surface area contributed by atoms with Crippen molar-refractivity contribution in [3.8, 4) is 0 Å². The van der Waals surface area contributed by atoms with E-state index in [2.05, 4.69) is 9.47 Å². The number of alkyl halides is 3. The zero-order chi connectivity index (χ0) is 15.1. The van der Waals surface area contributed by atoms with E-state index in [9.17, 15) is 22.8 Å². The molecule has 0 aliphatic heterocycles. The summed E-state index contributed by atoms with van der Waals surface area (Å²) in [7, 11) is 1.28. The van der Waals surface area contributed by atoms with Crippen LogP contribution in [0.1, 0.15) is 39.5 Å². The van der Waals surface area contributed by atoms with Crippen molar-refractivity contribution in [1.29, 1.82) is 0 Å². The van der Waals surface area contributed by atoms with Gasteiger partial charge in [0.1, 0.15) is 0 Å². The molecular formula is C12H19F3O4. The van der Waals surface area contributed by atoms with Crippen molar-refractivity contribution in [2.45, 2.75) is 45.7 Å². The van der Waals surface area contributed by atoms with E-state index in [0.29, 0.717) is 19.3 Å². The van der Waals surface area contributed by atoms with Gasteiger partial charge in [-0.25, -0.2) is 0 Å². The second-order valence-corrected chi connectivity index (χ2v) is 4.86. The van der Waals surface area contributed by atoms with Crippen LogP contribution in [0.2, 0.25) is 0 Å². The van der Waals surface area contributed by atoms with Gasteiger partial charge in [-0.1, -0.05) is 6.42 Å². The fraction of sp³-hybridized carbons (Fsp3) is 0.833. The fourth-order valence-electron chi connectivity index (χ4n) is 1.38. The minimum Gasteiger partial charge on any atom is -0.469 e. The van der Waals surface area contributed by atoms with Crippen molar-refractivity contribution in [3.05, 3.63) is 0 Å². The minimum absolute atomic E-state index is 0.226. The van der Waals surface area contributed by atoms with Crippen LogP contribution in [0.3, 0.4) is 0 Å². The Hall–Kier alpha value is -1.27. The molecule has 0 rings (SSSR count). The lowest BCUT2D eigenvalue weighted by atomic mass is 9.87. The Morgan fingerprint density at radius 1 is 1.11 bits per heavy atom. The van der Waals surface area contributed by atoms with E-state index in [-0.39, 0.29) is 12.4 Å². The maximum atomic E-state index is 11.9. The Morgan fingerprint density at radius 2 is 1.68 bits per heavy atom. The van der Waals surface area contributed by atoms with Crippen LogP contribution in [0.15, 0.2) is 0 Å². The first-order valence-corrected chi connectivity index (χ1v) is 5.89. The summed E-state index contributed by atoms with van der Waals surface area (Å²) in [5.41, 5.74) is -0.999. The number of methoxy groups -OCH3 is 1. The molecule has 112 valence electrons. The third-order valence-electron chi connectivity index (χ3n) is 2.58. The number of halogens is 3. The smallest absolute Gasteiger partial charge is 0.422 e. The van der Waals surface area contributed by atoms with Gasteiger partial charge in [-0.05, 0) is 26.7 Å². The van der Waals surface area contributed by atoms with Crippen LogP contribution in [-0.4, -0.2) is 31.8 Å². The number of hydrogen-bond donors (Lipinski definition) is 0. The maximum absolute atomic E-state index is 11.9. The number of carbonyl (C=O) groups is 2. The highest BCUT2D eigenvalue weighted by Gasteiger charge is 2.34. The third-order valence-corrected chi connectivity index (χ3v) is 2.58. The maximum Gasteiger partial charge on any atom is 0.422 e. The zero-order valence-corrected chi connectivity index (χ0v) is 11.3. The van der Waals surface area contributed by atoms with E-state index >= 15 is 0 Å². The van der Waals surface area contributed by atoms with Gasteiger partial charge >= 0.3 is 18.1 Å². The third kappa shape index (κ3) is 8.45. The lowest BCUT2D eigenvalue weighted by Crippen LogP contribution is -2.30. The van der Waals surface area contributed by atoms with Crippen LogP contribution >= 0.6 is 0 Å². The second kappa shape index (κ2) is 7.35. The molecule has 0 aromatic carbocycles. The molecule has 0 saturated heterocycles. The highest BCUT2D eigenvalue weighted by molar-refractivity contribution is 5.75. The first kappa shape index (κ1) is 17.7. The molecule has 0 aliphatic rings. The number of carbonyl (C=O) groups excluding carboxylic acids is 2. The molecule has 0 bridgehead atoms. The van der Waals surface area contributed by atoms with Crippen LogP contribution < -0.4 is 0 Å². The van der Waals surface area contributed by atoms with Crippen LogP contribution in [0.25, 0.3) is 0 Å².